The molecule has 2 nitrogen and oxygen atoms in total. The summed E-state index contributed by atoms with van der Waals surface area (Å²) in [5, 5.41) is 5.76. The molecule has 0 radical (unpaired) electrons. The molecule has 1 aliphatic heterocycles. The van der Waals surface area contributed by atoms with E-state index in [1.807, 2.05) is 11.3 Å². The van der Waals surface area contributed by atoms with Crippen molar-refractivity contribution in [2.24, 2.45) is 0 Å². The third kappa shape index (κ3) is 2.80. The highest BCUT2D eigenvalue weighted by Gasteiger charge is 2.22. The van der Waals surface area contributed by atoms with Gasteiger partial charge in [0, 0.05) is 17.0 Å². The molecule has 15 heavy (non-hydrogen) atoms. The molecule has 2 atom stereocenters. The largest absolute Gasteiger partial charge is 0.314 e. The Bertz CT molecular complexity index is 276. The van der Waals surface area contributed by atoms with Gasteiger partial charge in [-0.1, -0.05) is 6.07 Å². The molecule has 3 heteroatoms. The second kappa shape index (κ2) is 5.10. The van der Waals surface area contributed by atoms with Gasteiger partial charge >= 0.3 is 0 Å². The number of hydrogen-bond acceptors (Lipinski definition) is 3. The van der Waals surface area contributed by atoms with Gasteiger partial charge in [0.25, 0.3) is 0 Å². The van der Waals surface area contributed by atoms with E-state index in [4.69, 9.17) is 0 Å². The van der Waals surface area contributed by atoms with E-state index in [1.54, 1.807) is 0 Å². The lowest BCUT2D eigenvalue weighted by Crippen LogP contribution is -2.29. The topological polar surface area (TPSA) is 15.3 Å². The fourth-order valence-electron chi connectivity index (χ4n) is 2.29. The Morgan fingerprint density at radius 3 is 3.00 bits per heavy atom. The molecule has 2 unspecified atom stereocenters. The highest BCUT2D eigenvalue weighted by Crippen LogP contribution is 2.29. The van der Waals surface area contributed by atoms with Crippen LogP contribution in [0.25, 0.3) is 0 Å². The summed E-state index contributed by atoms with van der Waals surface area (Å²) in [4.78, 5) is 3.83. The predicted molar refractivity (Wildman–Crippen MR) is 66.4 cm³/mol. The maximum atomic E-state index is 3.58. The summed E-state index contributed by atoms with van der Waals surface area (Å²) in [6.07, 6.45) is 3.93. The number of nitrogens with zero attached hydrogens (tertiary/aromatic N) is 1. The Morgan fingerprint density at radius 2 is 2.47 bits per heavy atom. The van der Waals surface area contributed by atoms with Crippen molar-refractivity contribution < 1.29 is 0 Å². The number of thiophene rings is 1. The summed E-state index contributed by atoms with van der Waals surface area (Å²) < 4.78 is 0. The van der Waals surface area contributed by atoms with Crippen LogP contribution in [0.5, 0.6) is 0 Å². The van der Waals surface area contributed by atoms with Gasteiger partial charge in [0.1, 0.15) is 0 Å². The smallest absolute Gasteiger partial charge is 0.0450 e. The van der Waals surface area contributed by atoms with E-state index in [-0.39, 0.29) is 0 Å². The molecule has 1 fully saturated rings. The molecule has 0 aromatic carbocycles. The van der Waals surface area contributed by atoms with Crippen molar-refractivity contribution in [1.29, 1.82) is 0 Å². The van der Waals surface area contributed by atoms with E-state index in [9.17, 15) is 0 Å². The Balaban J connectivity index is 2.00. The molecule has 1 aliphatic rings. The van der Waals surface area contributed by atoms with E-state index < -0.39 is 0 Å². The van der Waals surface area contributed by atoms with Crippen LogP contribution in [0.2, 0.25) is 0 Å². The van der Waals surface area contributed by atoms with Gasteiger partial charge in [0.2, 0.25) is 0 Å². The first-order valence-corrected chi connectivity index (χ1v) is 6.58. The third-order valence-corrected chi connectivity index (χ3v) is 4.14. The average Bonchev–Trinajstić information content (AvgIpc) is 2.87. The Hall–Kier alpha value is -0.380. The number of hydrogen-bond donors (Lipinski definition) is 1. The highest BCUT2D eigenvalue weighted by molar-refractivity contribution is 7.10. The minimum Gasteiger partial charge on any atom is -0.314 e. The lowest BCUT2D eigenvalue weighted by atomic mass is 10.0. The van der Waals surface area contributed by atoms with Crippen molar-refractivity contribution in [2.45, 2.75) is 31.3 Å². The van der Waals surface area contributed by atoms with Crippen molar-refractivity contribution in [3.05, 3.63) is 22.4 Å². The van der Waals surface area contributed by atoms with Gasteiger partial charge in [-0.15, -0.1) is 11.3 Å². The summed E-state index contributed by atoms with van der Waals surface area (Å²) >= 11 is 1.87. The fraction of sp³-hybridized carbons (Fsp3) is 0.667. The van der Waals surface area contributed by atoms with E-state index in [1.165, 1.54) is 30.7 Å². The first-order chi connectivity index (χ1) is 7.27. The monoisotopic (exact) mass is 224 g/mol. The van der Waals surface area contributed by atoms with Crippen LogP contribution in [-0.4, -0.2) is 31.6 Å². The molecule has 2 rings (SSSR count). The van der Waals surface area contributed by atoms with Gasteiger partial charge in [-0.3, -0.25) is 0 Å². The van der Waals surface area contributed by atoms with Crippen LogP contribution < -0.4 is 5.32 Å². The lowest BCUT2D eigenvalue weighted by Gasteiger charge is -2.26. The lowest BCUT2D eigenvalue weighted by molar-refractivity contribution is 0.266. The van der Waals surface area contributed by atoms with Crippen LogP contribution in [0.1, 0.15) is 30.2 Å². The van der Waals surface area contributed by atoms with Gasteiger partial charge in [-0.2, -0.15) is 0 Å². The van der Waals surface area contributed by atoms with Gasteiger partial charge in [-0.25, -0.2) is 0 Å². The van der Waals surface area contributed by atoms with Gasteiger partial charge in [0.15, 0.2) is 0 Å². The summed E-state index contributed by atoms with van der Waals surface area (Å²) in [6.45, 7) is 1.20. The van der Waals surface area contributed by atoms with Gasteiger partial charge in [0.05, 0.1) is 0 Å². The van der Waals surface area contributed by atoms with Crippen molar-refractivity contribution in [3.63, 3.8) is 0 Å². The van der Waals surface area contributed by atoms with Gasteiger partial charge < -0.3 is 10.2 Å². The van der Waals surface area contributed by atoms with Crippen molar-refractivity contribution in [2.75, 3.05) is 20.6 Å². The van der Waals surface area contributed by atoms with Crippen LogP contribution >= 0.6 is 11.3 Å². The zero-order valence-corrected chi connectivity index (χ0v) is 10.4. The van der Waals surface area contributed by atoms with Crippen LogP contribution in [0, 0.1) is 0 Å². The van der Waals surface area contributed by atoms with E-state index in [0.29, 0.717) is 6.04 Å². The standard InChI is InChI=1S/C12H20N2S/c1-14(2)11(12-6-4-8-15-12)9-10-5-3-7-13-10/h4,6,8,10-11,13H,3,5,7,9H2,1-2H3. The van der Waals surface area contributed by atoms with Crippen LogP contribution in [0.3, 0.4) is 0 Å². The fourth-order valence-corrected chi connectivity index (χ4v) is 3.23. The van der Waals surface area contributed by atoms with Crippen LogP contribution in [-0.2, 0) is 0 Å². The Labute approximate surface area is 96.3 Å². The predicted octanol–water partition coefficient (Wildman–Crippen LogP) is 2.49. The van der Waals surface area contributed by atoms with Crippen molar-refractivity contribution >= 4 is 11.3 Å². The summed E-state index contributed by atoms with van der Waals surface area (Å²) in [7, 11) is 4.36. The number of rotatable bonds is 4. The molecular weight excluding hydrogens is 204 g/mol. The third-order valence-electron chi connectivity index (χ3n) is 3.17. The zero-order valence-electron chi connectivity index (χ0n) is 9.57. The van der Waals surface area contributed by atoms with Crippen LogP contribution in [0.15, 0.2) is 17.5 Å². The van der Waals surface area contributed by atoms with E-state index in [0.717, 1.165) is 6.04 Å². The maximum Gasteiger partial charge on any atom is 0.0450 e. The van der Waals surface area contributed by atoms with Gasteiger partial charge in [-0.05, 0) is 51.3 Å². The number of nitrogens with one attached hydrogen (secondary N) is 1. The molecule has 0 bridgehead atoms. The first-order valence-electron chi connectivity index (χ1n) is 5.70. The molecule has 0 aliphatic carbocycles. The molecule has 2 heterocycles. The highest BCUT2D eigenvalue weighted by atomic mass is 32.1. The SMILES string of the molecule is CN(C)C(CC1CCCN1)c1cccs1. The van der Waals surface area contributed by atoms with Crippen molar-refractivity contribution in [1.82, 2.24) is 10.2 Å². The molecule has 84 valence electrons. The normalized spacial score (nSPS) is 23.5. The second-order valence-corrected chi connectivity index (χ2v) is 5.50. The maximum absolute atomic E-state index is 3.58. The second-order valence-electron chi connectivity index (χ2n) is 4.52. The average molecular weight is 224 g/mol. The Morgan fingerprint density at radius 1 is 1.60 bits per heavy atom. The minimum atomic E-state index is 0.584. The molecule has 1 saturated heterocycles. The molecule has 1 aromatic heterocycles. The first kappa shape index (κ1) is 11.1. The van der Waals surface area contributed by atoms with E-state index >= 15 is 0 Å². The minimum absolute atomic E-state index is 0.584. The summed E-state index contributed by atoms with van der Waals surface area (Å²) in [6, 6.07) is 5.71. The molecule has 1 aromatic rings. The molecule has 0 amide bonds. The molecule has 1 N–H and O–H groups in total. The zero-order chi connectivity index (χ0) is 10.7. The quantitative estimate of drug-likeness (QED) is 0.845. The molecule has 0 spiro atoms. The van der Waals surface area contributed by atoms with Crippen molar-refractivity contribution in [3.8, 4) is 0 Å². The van der Waals surface area contributed by atoms with E-state index in [2.05, 4.69) is 41.8 Å². The summed E-state index contributed by atoms with van der Waals surface area (Å²) in [5.41, 5.74) is 0. The molecule has 0 saturated carbocycles. The van der Waals surface area contributed by atoms with Crippen LogP contribution in [0.4, 0.5) is 0 Å². The Kier molecular flexibility index (Phi) is 3.78. The molecular formula is C12H20N2S. The summed E-state index contributed by atoms with van der Waals surface area (Å²) in [5.74, 6) is 0.